The average molecular weight is 541 g/mol. The summed E-state index contributed by atoms with van der Waals surface area (Å²) >= 11 is 0. The highest BCUT2D eigenvalue weighted by Gasteiger charge is 2.24. The molecule has 0 aliphatic carbocycles. The van der Waals surface area contributed by atoms with Gasteiger partial charge in [0.2, 0.25) is 0 Å². The van der Waals surface area contributed by atoms with Gasteiger partial charge >= 0.3 is 11.9 Å². The smallest absolute Gasteiger partial charge is 0.307 e. The zero-order chi connectivity index (χ0) is 28.5. The molecule has 38 heavy (non-hydrogen) atoms. The van der Waals surface area contributed by atoms with Crippen molar-refractivity contribution in [3.63, 3.8) is 0 Å². The first-order valence-electron chi connectivity index (χ1n) is 16.4. The van der Waals surface area contributed by atoms with Gasteiger partial charge in [0, 0.05) is 6.42 Å². The number of carbonyl (C=O) groups excluding carboxylic acids is 1. The molecule has 2 unspecified atom stereocenters. The topological polar surface area (TPSA) is 63.6 Å². The lowest BCUT2D eigenvalue weighted by Gasteiger charge is -2.28. The lowest BCUT2D eigenvalue weighted by atomic mass is 9.96. The van der Waals surface area contributed by atoms with Crippen molar-refractivity contribution in [2.75, 3.05) is 27.7 Å². The Bertz CT molecular complexity index is 558. The molecule has 0 saturated carbocycles. The summed E-state index contributed by atoms with van der Waals surface area (Å²) in [7, 11) is 5.93. The molecule has 0 spiro atoms. The van der Waals surface area contributed by atoms with Crippen molar-refractivity contribution in [2.24, 2.45) is 5.92 Å². The lowest BCUT2D eigenvalue weighted by Crippen LogP contribution is -2.43. The maximum absolute atomic E-state index is 12.2. The number of unbranched alkanes of at least 4 members (excludes halogenated alkanes) is 17. The summed E-state index contributed by atoms with van der Waals surface area (Å²) in [5, 5.41) is 9.08. The summed E-state index contributed by atoms with van der Waals surface area (Å²) in [5.74, 6) is -0.351. The Balaban J connectivity index is 3.53. The molecule has 0 aromatic carbocycles. The fourth-order valence-electron chi connectivity index (χ4n) is 5.32. The van der Waals surface area contributed by atoms with Crippen LogP contribution >= 0.6 is 0 Å². The van der Waals surface area contributed by atoms with Gasteiger partial charge in [0.15, 0.2) is 6.10 Å². The van der Waals surface area contributed by atoms with E-state index < -0.39 is 12.1 Å². The molecule has 5 heteroatoms. The van der Waals surface area contributed by atoms with E-state index in [1.165, 1.54) is 116 Å². The summed E-state index contributed by atoms with van der Waals surface area (Å²) in [5.41, 5.74) is 0. The monoisotopic (exact) mass is 540 g/mol. The third-order valence-corrected chi connectivity index (χ3v) is 7.58. The number of ether oxygens (including phenoxy) is 1. The van der Waals surface area contributed by atoms with Crippen LogP contribution in [0.3, 0.4) is 0 Å². The van der Waals surface area contributed by atoms with Gasteiger partial charge in [-0.1, -0.05) is 142 Å². The zero-order valence-electron chi connectivity index (χ0n) is 26.2. The summed E-state index contributed by atoms with van der Waals surface area (Å²) in [6, 6.07) is 0. The van der Waals surface area contributed by atoms with Crippen LogP contribution in [0.25, 0.3) is 0 Å². The van der Waals surface area contributed by atoms with E-state index in [-0.39, 0.29) is 12.4 Å². The lowest BCUT2D eigenvalue weighted by molar-refractivity contribution is -0.873. The highest BCUT2D eigenvalue weighted by molar-refractivity contribution is 5.71. The highest BCUT2D eigenvalue weighted by Crippen LogP contribution is 2.19. The van der Waals surface area contributed by atoms with E-state index in [1.807, 2.05) is 21.1 Å². The molecule has 1 N–H and O–H groups in total. The summed E-state index contributed by atoms with van der Waals surface area (Å²) in [4.78, 5) is 23.2. The molecule has 0 aromatic heterocycles. The van der Waals surface area contributed by atoms with Crippen molar-refractivity contribution in [3.05, 3.63) is 0 Å². The fourth-order valence-corrected chi connectivity index (χ4v) is 5.32. The Hall–Kier alpha value is -1.10. The normalized spacial score (nSPS) is 13.4. The van der Waals surface area contributed by atoms with Crippen LogP contribution in [0.2, 0.25) is 0 Å². The molecule has 2 atom stereocenters. The number of likely N-dealkylation sites (N-methyl/N-ethyl adjacent to an activating group) is 1. The molecular weight excluding hydrogens is 474 g/mol. The second-order valence-electron chi connectivity index (χ2n) is 13.0. The van der Waals surface area contributed by atoms with Crippen LogP contribution in [0.4, 0.5) is 0 Å². The molecule has 0 bridgehead atoms. The van der Waals surface area contributed by atoms with Crippen LogP contribution in [-0.2, 0) is 14.3 Å². The molecule has 0 aromatic rings. The van der Waals surface area contributed by atoms with Crippen LogP contribution in [0.1, 0.15) is 162 Å². The summed E-state index contributed by atoms with van der Waals surface area (Å²) in [6.07, 6.45) is 27.9. The second-order valence-corrected chi connectivity index (χ2v) is 13.0. The molecule has 5 nitrogen and oxygen atoms in total. The van der Waals surface area contributed by atoms with Gasteiger partial charge < -0.3 is 14.3 Å². The van der Waals surface area contributed by atoms with Gasteiger partial charge in [-0.15, -0.1) is 0 Å². The van der Waals surface area contributed by atoms with Crippen molar-refractivity contribution in [1.82, 2.24) is 0 Å². The molecule has 0 fully saturated rings. The molecule has 226 valence electrons. The minimum atomic E-state index is -0.921. The third-order valence-electron chi connectivity index (χ3n) is 7.58. The maximum atomic E-state index is 12.2. The highest BCUT2D eigenvalue weighted by atomic mass is 16.5. The first-order valence-corrected chi connectivity index (χ1v) is 16.4. The van der Waals surface area contributed by atoms with Gasteiger partial charge in [0.1, 0.15) is 6.54 Å². The third kappa shape index (κ3) is 27.9. The van der Waals surface area contributed by atoms with Gasteiger partial charge in [-0.05, 0) is 12.3 Å². The van der Waals surface area contributed by atoms with Crippen molar-refractivity contribution in [2.45, 2.75) is 168 Å². The summed E-state index contributed by atoms with van der Waals surface area (Å²) in [6.45, 7) is 5.20. The number of hydrogen-bond acceptors (Lipinski definition) is 3. The number of rotatable bonds is 28. The standard InChI is InChI=1S/C33H65NO4/c1-6-7-8-9-10-11-12-13-14-15-16-17-19-22-25-30(2)26-23-20-18-21-24-27-33(37)38-31(28-32(35)36)29-34(3,4)5/h30-31H,6-29H2,1-5H3/p+1. The largest absolute Gasteiger partial charge is 0.481 e. The van der Waals surface area contributed by atoms with Gasteiger partial charge in [-0.25, -0.2) is 0 Å². The molecular formula is C33H66NO4+. The van der Waals surface area contributed by atoms with E-state index in [2.05, 4.69) is 13.8 Å². The van der Waals surface area contributed by atoms with Gasteiger partial charge in [-0.2, -0.15) is 0 Å². The van der Waals surface area contributed by atoms with Gasteiger partial charge in [0.25, 0.3) is 0 Å². The van der Waals surface area contributed by atoms with E-state index in [9.17, 15) is 9.59 Å². The van der Waals surface area contributed by atoms with Crippen molar-refractivity contribution in [1.29, 1.82) is 0 Å². The Kier molecular flexibility index (Phi) is 24.2. The Morgan fingerprint density at radius 1 is 0.658 bits per heavy atom. The number of quaternary nitrogens is 1. The van der Waals surface area contributed by atoms with E-state index in [1.54, 1.807) is 0 Å². The van der Waals surface area contributed by atoms with Crippen molar-refractivity contribution < 1.29 is 23.9 Å². The predicted molar refractivity (Wildman–Crippen MR) is 161 cm³/mol. The molecule has 0 aliphatic rings. The Morgan fingerprint density at radius 3 is 1.45 bits per heavy atom. The van der Waals surface area contributed by atoms with E-state index in [0.29, 0.717) is 17.4 Å². The van der Waals surface area contributed by atoms with Gasteiger partial charge in [0.05, 0.1) is 27.6 Å². The first kappa shape index (κ1) is 36.9. The molecule has 0 rings (SSSR count). The molecule has 0 heterocycles. The number of aliphatic carboxylic acids is 1. The number of carboxylic acid groups (broad SMARTS) is 1. The zero-order valence-corrected chi connectivity index (χ0v) is 26.2. The average Bonchev–Trinajstić information content (AvgIpc) is 2.82. The van der Waals surface area contributed by atoms with Crippen LogP contribution in [0, 0.1) is 5.92 Å². The number of esters is 1. The molecule has 0 amide bonds. The Morgan fingerprint density at radius 2 is 1.05 bits per heavy atom. The number of hydrogen-bond donors (Lipinski definition) is 1. The predicted octanol–water partition coefficient (Wildman–Crippen LogP) is 9.32. The number of carboxylic acids is 1. The number of nitrogens with zero attached hydrogens (tertiary/aromatic N) is 1. The minimum Gasteiger partial charge on any atom is -0.481 e. The summed E-state index contributed by atoms with van der Waals surface area (Å²) < 4.78 is 6.04. The first-order chi connectivity index (χ1) is 18.1. The quantitative estimate of drug-likeness (QED) is 0.0610. The number of carbonyl (C=O) groups is 2. The second kappa shape index (κ2) is 24.9. The van der Waals surface area contributed by atoms with Crippen molar-refractivity contribution in [3.8, 4) is 0 Å². The van der Waals surface area contributed by atoms with E-state index in [4.69, 9.17) is 9.84 Å². The van der Waals surface area contributed by atoms with Crippen LogP contribution < -0.4 is 0 Å². The molecule has 0 saturated heterocycles. The van der Waals surface area contributed by atoms with E-state index in [0.717, 1.165) is 25.2 Å². The van der Waals surface area contributed by atoms with Gasteiger partial charge in [-0.3, -0.25) is 9.59 Å². The SMILES string of the molecule is CCCCCCCCCCCCCCCCC(C)CCCCCCCC(=O)OC(CC(=O)O)C[N+](C)(C)C. The molecule has 0 aliphatic heterocycles. The minimum absolute atomic E-state index is 0.126. The van der Waals surface area contributed by atoms with Crippen LogP contribution in [-0.4, -0.2) is 55.3 Å². The van der Waals surface area contributed by atoms with Crippen LogP contribution in [0.5, 0.6) is 0 Å². The maximum Gasteiger partial charge on any atom is 0.307 e. The fraction of sp³-hybridized carbons (Fsp3) is 0.939. The van der Waals surface area contributed by atoms with Crippen molar-refractivity contribution >= 4 is 11.9 Å². The van der Waals surface area contributed by atoms with Crippen LogP contribution in [0.15, 0.2) is 0 Å². The van der Waals surface area contributed by atoms with E-state index >= 15 is 0 Å². The Labute approximate surface area is 237 Å². The molecule has 0 radical (unpaired) electrons.